The van der Waals surface area contributed by atoms with Gasteiger partial charge in [0.15, 0.2) is 0 Å². The zero-order valence-electron chi connectivity index (χ0n) is 6.83. The highest BCUT2D eigenvalue weighted by Gasteiger charge is 2.19. The lowest BCUT2D eigenvalue weighted by molar-refractivity contribution is 0.0710. The lowest BCUT2D eigenvalue weighted by Crippen LogP contribution is -2.22. The minimum atomic E-state index is -0.0952. The maximum absolute atomic E-state index is 9.30. The summed E-state index contributed by atoms with van der Waals surface area (Å²) >= 11 is 0. The zero-order valence-corrected chi connectivity index (χ0v) is 6.83. The van der Waals surface area contributed by atoms with Crippen LogP contribution in [0, 0.1) is 5.92 Å². The van der Waals surface area contributed by atoms with E-state index in [-0.39, 0.29) is 6.10 Å². The monoisotopic (exact) mass is 156 g/mol. The van der Waals surface area contributed by atoms with E-state index in [9.17, 15) is 5.11 Å². The van der Waals surface area contributed by atoms with Gasteiger partial charge in [-0.2, -0.15) is 0 Å². The van der Waals surface area contributed by atoms with E-state index in [1.54, 1.807) is 0 Å². The van der Waals surface area contributed by atoms with Crippen LogP contribution >= 0.6 is 0 Å². The number of ether oxygens (including phenoxy) is 1. The summed E-state index contributed by atoms with van der Waals surface area (Å²) in [5, 5.41) is 9.30. The average molecular weight is 156 g/mol. The summed E-state index contributed by atoms with van der Waals surface area (Å²) in [7, 11) is 0. The first kappa shape index (κ1) is 8.60. The fourth-order valence-electron chi connectivity index (χ4n) is 1.62. The third kappa shape index (κ3) is 2.93. The molecule has 0 heterocycles. The molecule has 0 amide bonds. The maximum Gasteiger partial charge on any atom is 0.0902 e. The van der Waals surface area contributed by atoms with Crippen molar-refractivity contribution in [3.05, 3.63) is 12.8 Å². The van der Waals surface area contributed by atoms with E-state index in [4.69, 9.17) is 4.74 Å². The van der Waals surface area contributed by atoms with Crippen LogP contribution in [0.25, 0.3) is 0 Å². The van der Waals surface area contributed by atoms with Crippen LogP contribution in [0.4, 0.5) is 0 Å². The second-order valence-corrected chi connectivity index (χ2v) is 3.19. The fourth-order valence-corrected chi connectivity index (χ4v) is 1.62. The van der Waals surface area contributed by atoms with Gasteiger partial charge in [0.25, 0.3) is 0 Å². The van der Waals surface area contributed by atoms with Crippen molar-refractivity contribution in [1.29, 1.82) is 0 Å². The van der Waals surface area contributed by atoms with Gasteiger partial charge in [0, 0.05) is 0 Å². The minimum absolute atomic E-state index is 0.0952. The molecule has 1 N–H and O–H groups in total. The molecular weight excluding hydrogens is 140 g/mol. The first-order valence-corrected chi connectivity index (χ1v) is 4.23. The van der Waals surface area contributed by atoms with Crippen molar-refractivity contribution in [2.24, 2.45) is 5.92 Å². The minimum Gasteiger partial charge on any atom is -0.502 e. The molecule has 0 bridgehead atoms. The van der Waals surface area contributed by atoms with Crippen molar-refractivity contribution >= 4 is 0 Å². The van der Waals surface area contributed by atoms with E-state index in [0.29, 0.717) is 5.92 Å². The van der Waals surface area contributed by atoms with Crippen molar-refractivity contribution in [1.82, 2.24) is 0 Å². The Balaban J connectivity index is 2.17. The quantitative estimate of drug-likeness (QED) is 0.630. The average Bonchev–Trinajstić information content (AvgIpc) is 2.01. The topological polar surface area (TPSA) is 29.5 Å². The lowest BCUT2D eigenvalue weighted by Gasteiger charge is -2.24. The molecule has 1 aliphatic carbocycles. The van der Waals surface area contributed by atoms with E-state index in [2.05, 4.69) is 6.58 Å². The number of hydrogen-bond acceptors (Lipinski definition) is 2. The highest BCUT2D eigenvalue weighted by molar-refractivity contribution is 4.72. The van der Waals surface area contributed by atoms with E-state index >= 15 is 0 Å². The van der Waals surface area contributed by atoms with Crippen molar-refractivity contribution < 1.29 is 9.84 Å². The van der Waals surface area contributed by atoms with Gasteiger partial charge in [-0.3, -0.25) is 0 Å². The number of rotatable bonds is 3. The van der Waals surface area contributed by atoms with Gasteiger partial charge in [0.1, 0.15) is 0 Å². The predicted molar refractivity (Wildman–Crippen MR) is 44.1 cm³/mol. The number of aliphatic hydroxyl groups is 1. The van der Waals surface area contributed by atoms with Gasteiger partial charge in [-0.05, 0) is 25.2 Å². The van der Waals surface area contributed by atoms with Gasteiger partial charge < -0.3 is 9.84 Å². The molecule has 1 fully saturated rings. The molecule has 2 unspecified atom stereocenters. The van der Waals surface area contributed by atoms with Crippen LogP contribution in [0.2, 0.25) is 0 Å². The second kappa shape index (κ2) is 4.39. The summed E-state index contributed by atoms with van der Waals surface area (Å²) in [5.74, 6) is 0.539. The van der Waals surface area contributed by atoms with Crippen molar-refractivity contribution in [3.63, 3.8) is 0 Å². The third-order valence-electron chi connectivity index (χ3n) is 2.20. The molecule has 0 aromatic carbocycles. The fraction of sp³-hybridized carbons (Fsp3) is 0.778. The van der Waals surface area contributed by atoms with Gasteiger partial charge in [0.05, 0.1) is 19.0 Å². The first-order valence-electron chi connectivity index (χ1n) is 4.23. The highest BCUT2D eigenvalue weighted by Crippen LogP contribution is 2.24. The van der Waals surface area contributed by atoms with Crippen LogP contribution in [-0.2, 0) is 4.74 Å². The SMILES string of the molecule is C=COCC1CCCC(O)C1. The van der Waals surface area contributed by atoms with Crippen molar-refractivity contribution in [2.45, 2.75) is 31.8 Å². The summed E-state index contributed by atoms with van der Waals surface area (Å²) in [5.41, 5.74) is 0. The molecule has 11 heavy (non-hydrogen) atoms. The molecule has 2 nitrogen and oxygen atoms in total. The van der Waals surface area contributed by atoms with E-state index in [1.807, 2.05) is 0 Å². The molecule has 64 valence electrons. The van der Waals surface area contributed by atoms with Crippen LogP contribution < -0.4 is 0 Å². The summed E-state index contributed by atoms with van der Waals surface area (Å²) in [6, 6.07) is 0. The Morgan fingerprint density at radius 2 is 2.36 bits per heavy atom. The van der Waals surface area contributed by atoms with Gasteiger partial charge in [-0.1, -0.05) is 13.0 Å². The normalized spacial score (nSPS) is 31.4. The maximum atomic E-state index is 9.30. The van der Waals surface area contributed by atoms with Gasteiger partial charge >= 0.3 is 0 Å². The Labute approximate surface area is 67.9 Å². The van der Waals surface area contributed by atoms with E-state index < -0.39 is 0 Å². The molecule has 1 aliphatic rings. The Morgan fingerprint density at radius 3 is 3.00 bits per heavy atom. The standard InChI is InChI=1S/C9H16O2/c1-2-11-7-8-4-3-5-9(10)6-8/h2,8-10H,1,3-7H2. The molecule has 0 aromatic rings. The number of aliphatic hydroxyl groups excluding tert-OH is 1. The van der Waals surface area contributed by atoms with Crippen LogP contribution in [0.5, 0.6) is 0 Å². The van der Waals surface area contributed by atoms with Crippen molar-refractivity contribution in [3.8, 4) is 0 Å². The van der Waals surface area contributed by atoms with Crippen LogP contribution in [0.3, 0.4) is 0 Å². The summed E-state index contributed by atoms with van der Waals surface area (Å²) in [6.45, 7) is 4.20. The van der Waals surface area contributed by atoms with Gasteiger partial charge in [-0.15, -0.1) is 0 Å². The van der Waals surface area contributed by atoms with E-state index in [0.717, 1.165) is 25.9 Å². The Morgan fingerprint density at radius 1 is 1.55 bits per heavy atom. The molecule has 1 saturated carbocycles. The number of hydrogen-bond donors (Lipinski definition) is 1. The van der Waals surface area contributed by atoms with E-state index in [1.165, 1.54) is 12.7 Å². The van der Waals surface area contributed by atoms with Crippen LogP contribution in [0.1, 0.15) is 25.7 Å². The summed E-state index contributed by atoms with van der Waals surface area (Å²) in [6.07, 6.45) is 5.55. The molecule has 0 aliphatic heterocycles. The molecule has 2 atom stereocenters. The van der Waals surface area contributed by atoms with Crippen LogP contribution in [-0.4, -0.2) is 17.8 Å². The van der Waals surface area contributed by atoms with Gasteiger partial charge in [-0.25, -0.2) is 0 Å². The molecule has 0 aromatic heterocycles. The molecule has 0 radical (unpaired) electrons. The van der Waals surface area contributed by atoms with Crippen molar-refractivity contribution in [2.75, 3.05) is 6.61 Å². The molecule has 0 saturated heterocycles. The van der Waals surface area contributed by atoms with Crippen LogP contribution in [0.15, 0.2) is 12.8 Å². The third-order valence-corrected chi connectivity index (χ3v) is 2.20. The molecule has 2 heteroatoms. The molecule has 1 rings (SSSR count). The smallest absolute Gasteiger partial charge is 0.0902 e. The molecular formula is C9H16O2. The summed E-state index contributed by atoms with van der Waals surface area (Å²) in [4.78, 5) is 0. The largest absolute Gasteiger partial charge is 0.502 e. The molecule has 0 spiro atoms. The Kier molecular flexibility index (Phi) is 3.43. The lowest BCUT2D eigenvalue weighted by atomic mass is 9.88. The summed E-state index contributed by atoms with van der Waals surface area (Å²) < 4.78 is 5.07. The Bertz CT molecular complexity index is 123. The Hall–Kier alpha value is -0.500. The first-order chi connectivity index (χ1) is 5.33. The zero-order chi connectivity index (χ0) is 8.10. The highest BCUT2D eigenvalue weighted by atomic mass is 16.5. The second-order valence-electron chi connectivity index (χ2n) is 3.19. The van der Waals surface area contributed by atoms with Gasteiger partial charge in [0.2, 0.25) is 0 Å². The predicted octanol–water partition coefficient (Wildman–Crippen LogP) is 1.70.